The van der Waals surface area contributed by atoms with Crippen molar-refractivity contribution in [1.82, 2.24) is 4.98 Å². The van der Waals surface area contributed by atoms with E-state index in [2.05, 4.69) is 15.0 Å². The van der Waals surface area contributed by atoms with Crippen LogP contribution < -0.4 is 5.32 Å². The summed E-state index contributed by atoms with van der Waals surface area (Å²) in [5.41, 5.74) is 1.49. The molecule has 7 nitrogen and oxygen atoms in total. The van der Waals surface area contributed by atoms with E-state index in [1.165, 1.54) is 13.2 Å². The molecule has 7 heteroatoms. The predicted molar refractivity (Wildman–Crippen MR) is 72.6 cm³/mol. The maximum absolute atomic E-state index is 11.3. The molecule has 0 saturated carbocycles. The smallest absolute Gasteiger partial charge is 0.354 e. The number of hydrogen-bond donors (Lipinski definition) is 2. The van der Waals surface area contributed by atoms with Crippen molar-refractivity contribution in [3.05, 3.63) is 57.9 Å². The number of anilines is 1. The normalized spacial score (nSPS) is 10.1. The van der Waals surface area contributed by atoms with Crippen LogP contribution in [0.3, 0.4) is 0 Å². The predicted octanol–water partition coefficient (Wildman–Crippen LogP) is 2.32. The monoisotopic (exact) mass is 275 g/mol. The number of aromatic nitrogens is 1. The second-order valence-corrected chi connectivity index (χ2v) is 4.02. The van der Waals surface area contributed by atoms with E-state index in [0.717, 1.165) is 5.69 Å². The molecule has 0 aliphatic heterocycles. The molecular formula is C13H13N3O4. The van der Waals surface area contributed by atoms with Gasteiger partial charge in [-0.05, 0) is 18.2 Å². The van der Waals surface area contributed by atoms with Gasteiger partial charge in [0.25, 0.3) is 5.69 Å². The highest BCUT2D eigenvalue weighted by atomic mass is 16.6. The number of carbonyl (C=O) groups excluding carboxylic acids is 1. The van der Waals surface area contributed by atoms with Crippen LogP contribution in [0.2, 0.25) is 0 Å². The lowest BCUT2D eigenvalue weighted by Crippen LogP contribution is -2.05. The van der Waals surface area contributed by atoms with Crippen LogP contribution in [0.25, 0.3) is 0 Å². The molecule has 1 heterocycles. The number of methoxy groups -OCH3 is 1. The topological polar surface area (TPSA) is 97.3 Å². The molecule has 0 saturated heterocycles. The second kappa shape index (κ2) is 5.87. The first-order chi connectivity index (χ1) is 9.61. The van der Waals surface area contributed by atoms with E-state index in [1.807, 2.05) is 0 Å². The Hall–Kier alpha value is -2.83. The number of rotatable bonds is 5. The zero-order valence-corrected chi connectivity index (χ0v) is 10.8. The lowest BCUT2D eigenvalue weighted by molar-refractivity contribution is -0.384. The van der Waals surface area contributed by atoms with Crippen molar-refractivity contribution in [1.29, 1.82) is 0 Å². The Morgan fingerprint density at radius 3 is 2.80 bits per heavy atom. The van der Waals surface area contributed by atoms with E-state index < -0.39 is 10.9 Å². The number of nitrogens with zero attached hydrogens (tertiary/aromatic N) is 1. The molecule has 2 N–H and O–H groups in total. The van der Waals surface area contributed by atoms with Gasteiger partial charge in [-0.25, -0.2) is 4.79 Å². The summed E-state index contributed by atoms with van der Waals surface area (Å²) in [6.45, 7) is 0.335. The van der Waals surface area contributed by atoms with Crippen molar-refractivity contribution < 1.29 is 14.5 Å². The molecule has 0 fully saturated rings. The highest BCUT2D eigenvalue weighted by Gasteiger charge is 2.12. The summed E-state index contributed by atoms with van der Waals surface area (Å²) in [4.78, 5) is 24.6. The van der Waals surface area contributed by atoms with Gasteiger partial charge in [0, 0.05) is 11.8 Å². The van der Waals surface area contributed by atoms with Crippen molar-refractivity contribution in [3.63, 3.8) is 0 Å². The van der Waals surface area contributed by atoms with Crippen molar-refractivity contribution >= 4 is 17.3 Å². The van der Waals surface area contributed by atoms with Gasteiger partial charge in [-0.1, -0.05) is 12.1 Å². The van der Waals surface area contributed by atoms with Crippen LogP contribution in [0.1, 0.15) is 16.2 Å². The number of carbonyl (C=O) groups is 1. The van der Waals surface area contributed by atoms with Gasteiger partial charge in [-0.2, -0.15) is 0 Å². The molecular weight excluding hydrogens is 262 g/mol. The van der Waals surface area contributed by atoms with Crippen LogP contribution in [0.5, 0.6) is 0 Å². The maximum atomic E-state index is 11.3. The van der Waals surface area contributed by atoms with Crippen LogP contribution in [-0.4, -0.2) is 23.0 Å². The highest BCUT2D eigenvalue weighted by molar-refractivity contribution is 5.87. The van der Waals surface area contributed by atoms with Crippen LogP contribution in [0, 0.1) is 10.1 Å². The van der Waals surface area contributed by atoms with E-state index in [0.29, 0.717) is 17.9 Å². The molecule has 0 amide bonds. The molecule has 0 bridgehead atoms. The third kappa shape index (κ3) is 2.94. The molecule has 104 valence electrons. The third-order valence-electron chi connectivity index (χ3n) is 2.72. The van der Waals surface area contributed by atoms with Crippen molar-refractivity contribution in [2.75, 3.05) is 12.4 Å². The fourth-order valence-corrected chi connectivity index (χ4v) is 1.75. The second-order valence-electron chi connectivity index (χ2n) is 4.02. The zero-order chi connectivity index (χ0) is 14.5. The Bertz CT molecular complexity index is 636. The van der Waals surface area contributed by atoms with E-state index in [1.54, 1.807) is 30.3 Å². The van der Waals surface area contributed by atoms with Crippen molar-refractivity contribution in [2.24, 2.45) is 0 Å². The number of ether oxygens (including phenoxy) is 1. The Morgan fingerprint density at radius 2 is 2.10 bits per heavy atom. The molecule has 0 radical (unpaired) electrons. The van der Waals surface area contributed by atoms with Gasteiger partial charge in [-0.15, -0.1) is 0 Å². The van der Waals surface area contributed by atoms with Crippen LogP contribution in [0.4, 0.5) is 11.4 Å². The lowest BCUT2D eigenvalue weighted by Gasteiger charge is -2.05. The van der Waals surface area contributed by atoms with Crippen LogP contribution in [0.15, 0.2) is 36.4 Å². The van der Waals surface area contributed by atoms with Gasteiger partial charge < -0.3 is 15.0 Å². The maximum Gasteiger partial charge on any atom is 0.354 e. The number of H-pyrrole nitrogens is 1. The van der Waals surface area contributed by atoms with E-state index in [9.17, 15) is 14.9 Å². The van der Waals surface area contributed by atoms with Crippen molar-refractivity contribution in [2.45, 2.75) is 6.54 Å². The average molecular weight is 275 g/mol. The van der Waals surface area contributed by atoms with Crippen LogP contribution >= 0.6 is 0 Å². The number of benzene rings is 1. The minimum atomic E-state index is -0.457. The zero-order valence-electron chi connectivity index (χ0n) is 10.8. The van der Waals surface area contributed by atoms with Gasteiger partial charge in [0.15, 0.2) is 0 Å². The quantitative estimate of drug-likeness (QED) is 0.496. The van der Waals surface area contributed by atoms with Gasteiger partial charge in [0.1, 0.15) is 11.4 Å². The summed E-state index contributed by atoms with van der Waals surface area (Å²) in [5, 5.41) is 13.8. The summed E-state index contributed by atoms with van der Waals surface area (Å²) in [6, 6.07) is 9.69. The summed E-state index contributed by atoms with van der Waals surface area (Å²) >= 11 is 0. The first-order valence-electron chi connectivity index (χ1n) is 5.85. The largest absolute Gasteiger partial charge is 0.464 e. The molecule has 1 aromatic heterocycles. The minimum Gasteiger partial charge on any atom is -0.464 e. The van der Waals surface area contributed by atoms with E-state index >= 15 is 0 Å². The van der Waals surface area contributed by atoms with E-state index in [4.69, 9.17) is 0 Å². The Labute approximate surface area is 114 Å². The standard InChI is InChI=1S/C13H13N3O4/c1-20-13(17)11-7-6-9(15-11)8-14-10-4-2-3-5-12(10)16(18)19/h2-7,14-15H,8H2,1H3. The minimum absolute atomic E-state index is 0.00671. The molecule has 0 atom stereocenters. The van der Waals surface area contributed by atoms with E-state index in [-0.39, 0.29) is 5.69 Å². The summed E-state index contributed by atoms with van der Waals surface area (Å²) in [6.07, 6.45) is 0. The first-order valence-corrected chi connectivity index (χ1v) is 5.85. The number of hydrogen-bond acceptors (Lipinski definition) is 5. The molecule has 1 aromatic carbocycles. The first kappa shape index (κ1) is 13.6. The summed E-state index contributed by atoms with van der Waals surface area (Å²) in [5.74, 6) is -0.457. The fourth-order valence-electron chi connectivity index (χ4n) is 1.75. The number of esters is 1. The number of nitro groups is 1. The molecule has 0 aliphatic rings. The number of nitro benzene ring substituents is 1. The average Bonchev–Trinajstić information content (AvgIpc) is 2.93. The van der Waals surface area contributed by atoms with Crippen LogP contribution in [-0.2, 0) is 11.3 Å². The molecule has 20 heavy (non-hydrogen) atoms. The van der Waals surface area contributed by atoms with Gasteiger partial charge in [-0.3, -0.25) is 10.1 Å². The molecule has 0 unspecified atom stereocenters. The number of nitrogens with one attached hydrogen (secondary N) is 2. The molecule has 2 aromatic rings. The molecule has 2 rings (SSSR count). The fraction of sp³-hybridized carbons (Fsp3) is 0.154. The summed E-state index contributed by atoms with van der Waals surface area (Å²) in [7, 11) is 1.30. The van der Waals surface area contributed by atoms with Gasteiger partial charge in [0.2, 0.25) is 0 Å². The number of aromatic amines is 1. The van der Waals surface area contributed by atoms with Gasteiger partial charge >= 0.3 is 5.97 Å². The Balaban J connectivity index is 2.07. The highest BCUT2D eigenvalue weighted by Crippen LogP contribution is 2.23. The SMILES string of the molecule is COC(=O)c1ccc(CNc2ccccc2[N+](=O)[O-])[nH]1. The lowest BCUT2D eigenvalue weighted by atomic mass is 10.2. The number of para-hydroxylation sites is 2. The Kier molecular flexibility index (Phi) is 3.99. The van der Waals surface area contributed by atoms with Gasteiger partial charge in [0.05, 0.1) is 18.6 Å². The Morgan fingerprint density at radius 1 is 1.35 bits per heavy atom. The van der Waals surface area contributed by atoms with Crippen molar-refractivity contribution in [3.8, 4) is 0 Å². The summed E-state index contributed by atoms with van der Waals surface area (Å²) < 4.78 is 4.58. The molecule has 0 spiro atoms. The molecule has 0 aliphatic carbocycles. The third-order valence-corrected chi connectivity index (χ3v) is 2.72.